The van der Waals surface area contributed by atoms with Gasteiger partial charge in [-0.1, -0.05) is 80.6 Å². The van der Waals surface area contributed by atoms with Crippen molar-refractivity contribution >= 4 is 31.4 Å². The average Bonchev–Trinajstić information content (AvgIpc) is 3.59. The first-order valence-corrected chi connectivity index (χ1v) is 18.5. The number of carbonyl (C=O) groups is 2. The number of aromatic nitrogens is 3. The van der Waals surface area contributed by atoms with Crippen molar-refractivity contribution in [2.75, 3.05) is 6.61 Å². The summed E-state index contributed by atoms with van der Waals surface area (Å²) in [5, 5.41) is 8.26. The number of hydrogen-bond donors (Lipinski definition) is 0. The van der Waals surface area contributed by atoms with Crippen molar-refractivity contribution in [1.29, 1.82) is 0 Å². The molecule has 8 nitrogen and oxygen atoms in total. The van der Waals surface area contributed by atoms with E-state index < -0.39 is 38.1 Å². The van der Waals surface area contributed by atoms with E-state index in [1.807, 2.05) is 62.4 Å². The van der Waals surface area contributed by atoms with Gasteiger partial charge in [-0.15, -0.1) is 5.10 Å². The molecule has 2 heterocycles. The van der Waals surface area contributed by atoms with E-state index in [9.17, 15) is 9.59 Å². The van der Waals surface area contributed by atoms with E-state index in [1.165, 1.54) is 4.90 Å². The molecule has 4 aromatic rings. The van der Waals surface area contributed by atoms with E-state index in [0.29, 0.717) is 30.7 Å². The summed E-state index contributed by atoms with van der Waals surface area (Å²) in [6, 6.07) is 18.7. The Hall–Kier alpha value is -3.89. The van der Waals surface area contributed by atoms with Gasteiger partial charge in [0.2, 0.25) is 5.91 Å². The highest BCUT2D eigenvalue weighted by molar-refractivity contribution is 6.74. The topological polar surface area (TPSA) is 86.6 Å². The van der Waals surface area contributed by atoms with Gasteiger partial charge in [0, 0.05) is 18.9 Å². The van der Waals surface area contributed by atoms with E-state index in [4.69, 9.17) is 9.16 Å². The lowest BCUT2D eigenvalue weighted by molar-refractivity contribution is -0.129. The summed E-state index contributed by atoms with van der Waals surface area (Å²) < 4.78 is 29.8. The van der Waals surface area contributed by atoms with E-state index in [2.05, 4.69) is 44.2 Å². The van der Waals surface area contributed by atoms with Gasteiger partial charge >= 0.3 is 6.09 Å². The first kappa shape index (κ1) is 32.5. The van der Waals surface area contributed by atoms with E-state index >= 15 is 4.39 Å². The lowest BCUT2D eigenvalue weighted by Crippen LogP contribution is -2.41. The number of imide groups is 1. The summed E-state index contributed by atoms with van der Waals surface area (Å²) in [4.78, 5) is 28.1. The molecule has 5 rings (SSSR count). The molecule has 0 bridgehead atoms. The molecule has 0 unspecified atom stereocenters. The van der Waals surface area contributed by atoms with Gasteiger partial charge in [-0.05, 0) is 72.3 Å². The first-order valence-electron chi connectivity index (χ1n) is 15.6. The van der Waals surface area contributed by atoms with Crippen LogP contribution in [-0.2, 0) is 33.5 Å². The van der Waals surface area contributed by atoms with Gasteiger partial charge in [-0.2, -0.15) is 0 Å². The Balaban J connectivity index is 1.52. The van der Waals surface area contributed by atoms with Crippen LogP contribution in [0.15, 0.2) is 60.7 Å². The Kier molecular flexibility index (Phi) is 9.28. The molecule has 2 atom stereocenters. The monoisotopic (exact) mass is 630 g/mol. The maximum atomic E-state index is 16.3. The summed E-state index contributed by atoms with van der Waals surface area (Å²) in [5.41, 5.74) is 4.86. The Morgan fingerprint density at radius 2 is 1.87 bits per heavy atom. The molecule has 10 heteroatoms. The maximum absolute atomic E-state index is 16.3. The van der Waals surface area contributed by atoms with E-state index in [0.717, 1.165) is 22.3 Å². The first-order chi connectivity index (χ1) is 21.3. The minimum Gasteiger partial charge on any atom is -0.447 e. The van der Waals surface area contributed by atoms with Crippen LogP contribution in [0, 0.1) is 12.7 Å². The number of benzene rings is 3. The van der Waals surface area contributed by atoms with Crippen LogP contribution < -0.4 is 0 Å². The summed E-state index contributed by atoms with van der Waals surface area (Å²) >= 11 is 0. The number of hydrogen-bond acceptors (Lipinski definition) is 6. The van der Waals surface area contributed by atoms with Gasteiger partial charge in [0.25, 0.3) is 0 Å². The third-order valence-electron chi connectivity index (χ3n) is 9.42. The molecule has 1 aliphatic rings. The van der Waals surface area contributed by atoms with Gasteiger partial charge in [-0.3, -0.25) is 4.79 Å². The van der Waals surface area contributed by atoms with Gasteiger partial charge in [0.15, 0.2) is 14.1 Å². The Morgan fingerprint density at radius 1 is 1.13 bits per heavy atom. The highest BCUT2D eigenvalue weighted by Crippen LogP contribution is 2.38. The summed E-state index contributed by atoms with van der Waals surface area (Å²) in [6.07, 6.45) is -0.326. The fourth-order valence-electron chi connectivity index (χ4n) is 5.54. The molecule has 3 aromatic carbocycles. The number of rotatable bonds is 10. The molecule has 45 heavy (non-hydrogen) atoms. The molecule has 0 aliphatic carbocycles. The van der Waals surface area contributed by atoms with Crippen molar-refractivity contribution in [3.8, 4) is 0 Å². The van der Waals surface area contributed by atoms with Crippen molar-refractivity contribution in [3.05, 3.63) is 94.3 Å². The van der Waals surface area contributed by atoms with Crippen molar-refractivity contribution < 1.29 is 23.1 Å². The van der Waals surface area contributed by atoms with Crippen LogP contribution in [0.5, 0.6) is 0 Å². The highest BCUT2D eigenvalue weighted by atomic mass is 28.4. The number of cyclic esters (lactones) is 1. The fraction of sp³-hybridized carbons (Fsp3) is 0.429. The second kappa shape index (κ2) is 12.8. The molecule has 1 saturated heterocycles. The molecule has 0 N–H and O–H groups in total. The Bertz CT molecular complexity index is 1700. The zero-order valence-corrected chi connectivity index (χ0v) is 28.3. The smallest absolute Gasteiger partial charge is 0.416 e. The molecule has 0 saturated carbocycles. The van der Waals surface area contributed by atoms with E-state index in [1.54, 1.807) is 16.8 Å². The fourth-order valence-corrected chi connectivity index (χ4v) is 6.49. The molecular weight excluding hydrogens is 587 g/mol. The van der Waals surface area contributed by atoms with Gasteiger partial charge < -0.3 is 9.16 Å². The third kappa shape index (κ3) is 6.72. The summed E-state index contributed by atoms with van der Waals surface area (Å²) in [6.45, 7) is 16.0. The van der Waals surface area contributed by atoms with E-state index in [-0.39, 0.29) is 23.6 Å². The molecule has 1 fully saturated rings. The summed E-state index contributed by atoms with van der Waals surface area (Å²) in [7, 11) is -2.04. The lowest BCUT2D eigenvalue weighted by Gasteiger charge is -2.36. The number of ether oxygens (including phenoxy) is 1. The van der Waals surface area contributed by atoms with Crippen LogP contribution in [0.2, 0.25) is 18.1 Å². The average molecular weight is 631 g/mol. The normalized spacial score (nSPS) is 16.3. The largest absolute Gasteiger partial charge is 0.447 e. The molecule has 0 radical (unpaired) electrons. The van der Waals surface area contributed by atoms with Gasteiger partial charge in [0.05, 0.1) is 18.2 Å². The molecule has 1 aromatic heterocycles. The number of amides is 2. The van der Waals surface area contributed by atoms with Crippen LogP contribution in [0.4, 0.5) is 9.18 Å². The molecule has 1 aliphatic heterocycles. The van der Waals surface area contributed by atoms with Crippen molar-refractivity contribution in [3.63, 3.8) is 0 Å². The Morgan fingerprint density at radius 3 is 2.56 bits per heavy atom. The quantitative estimate of drug-likeness (QED) is 0.168. The summed E-state index contributed by atoms with van der Waals surface area (Å²) in [5.74, 6) is -1.62. The minimum atomic E-state index is -2.04. The van der Waals surface area contributed by atoms with Crippen LogP contribution in [-0.4, -0.2) is 52.9 Å². The van der Waals surface area contributed by atoms with Crippen molar-refractivity contribution in [2.24, 2.45) is 0 Å². The van der Waals surface area contributed by atoms with Crippen molar-refractivity contribution in [1.82, 2.24) is 19.9 Å². The SMILES string of the molecule is CCn1nnc2c(F)c([C@@H](CC(=O)N3C(=O)OC[C@H]3Cc3ccccc3)c3ccc(C)c(CO[Si](C)(C)C(C)(C)C)c3)ccc21. The zero-order chi connectivity index (χ0) is 32.5. The lowest BCUT2D eigenvalue weighted by atomic mass is 9.85. The van der Waals surface area contributed by atoms with Gasteiger partial charge in [0.1, 0.15) is 12.1 Å². The maximum Gasteiger partial charge on any atom is 0.416 e. The van der Waals surface area contributed by atoms with Crippen LogP contribution in [0.1, 0.15) is 67.9 Å². The van der Waals surface area contributed by atoms with Gasteiger partial charge in [-0.25, -0.2) is 18.8 Å². The standard InChI is InChI=1S/C35H43FN4O4Si/c1-8-39-30-17-16-28(32(36)33(30)37-38-39)29(25-15-14-23(2)26(19-25)21-44-45(6,7)35(3,4)5)20-31(41)40-27(22-43-34(40)42)18-24-12-10-9-11-13-24/h9-17,19,27,29H,8,18,20-22H2,1-7H3/t27-,29+/m1/s1. The third-order valence-corrected chi connectivity index (χ3v) is 13.9. The molecule has 238 valence electrons. The Labute approximate surface area is 265 Å². The predicted octanol–water partition coefficient (Wildman–Crippen LogP) is 7.53. The second-order valence-corrected chi connectivity index (χ2v) is 18.2. The molecule has 0 spiro atoms. The highest BCUT2D eigenvalue weighted by Gasteiger charge is 2.40. The van der Waals surface area contributed by atoms with Crippen molar-refractivity contribution in [2.45, 2.75) is 90.7 Å². The zero-order valence-electron chi connectivity index (χ0n) is 27.3. The minimum absolute atomic E-state index is 0.0442. The van der Waals surface area contributed by atoms with Crippen LogP contribution in [0.3, 0.4) is 0 Å². The predicted molar refractivity (Wildman–Crippen MR) is 175 cm³/mol. The number of fused-ring (bicyclic) bond motifs is 1. The van der Waals surface area contributed by atoms with Crippen LogP contribution >= 0.6 is 0 Å². The second-order valence-electron chi connectivity index (χ2n) is 13.4. The number of nitrogens with zero attached hydrogens (tertiary/aromatic N) is 4. The molecular formula is C35H43FN4O4Si. The van der Waals surface area contributed by atoms with Crippen LogP contribution in [0.25, 0.3) is 11.0 Å². The number of halogens is 1. The molecule has 2 amide bonds. The number of aryl methyl sites for hydroxylation is 2. The number of carbonyl (C=O) groups excluding carboxylic acids is 2.